The Morgan fingerprint density at radius 3 is 2.29 bits per heavy atom. The normalized spacial score (nSPS) is 16.5. The molecule has 1 unspecified atom stereocenters. The number of rotatable bonds is 13. The van der Waals surface area contributed by atoms with Crippen LogP contribution in [-0.2, 0) is 15.7 Å². The zero-order chi connectivity index (χ0) is 30.4. The highest BCUT2D eigenvalue weighted by molar-refractivity contribution is 7.87. The van der Waals surface area contributed by atoms with Crippen LogP contribution in [0.25, 0.3) is 17.2 Å². The number of hydrogen-bond donors (Lipinski definition) is 1. The van der Waals surface area contributed by atoms with E-state index in [1.807, 2.05) is 37.3 Å². The summed E-state index contributed by atoms with van der Waals surface area (Å²) in [4.78, 5) is 4.62. The number of aliphatic hydroxyl groups is 1. The van der Waals surface area contributed by atoms with Crippen molar-refractivity contribution < 1.29 is 28.3 Å². The van der Waals surface area contributed by atoms with E-state index in [1.54, 1.807) is 36.3 Å². The third-order valence-corrected chi connectivity index (χ3v) is 10.9. The van der Waals surface area contributed by atoms with Gasteiger partial charge in [0.05, 0.1) is 32.7 Å². The highest BCUT2D eigenvalue weighted by Crippen LogP contribution is 2.39. The summed E-state index contributed by atoms with van der Waals surface area (Å²) in [6.45, 7) is 10.3. The molecule has 1 aliphatic rings. The first-order chi connectivity index (χ1) is 20.1. The number of benzene rings is 1. The Bertz CT molecular complexity index is 1340. The number of aliphatic hydroxyl groups excluding tert-OH is 1. The Kier molecular flexibility index (Phi) is 10.6. The zero-order valence-electron chi connectivity index (χ0n) is 25.6. The van der Waals surface area contributed by atoms with Crippen molar-refractivity contribution in [3.8, 4) is 34.6 Å². The zero-order valence-corrected chi connectivity index (χ0v) is 27.4. The van der Waals surface area contributed by atoms with Crippen LogP contribution in [0, 0.1) is 5.92 Å². The number of pyridine rings is 1. The van der Waals surface area contributed by atoms with E-state index in [4.69, 9.17) is 18.9 Å². The predicted octanol–water partition coefficient (Wildman–Crippen LogP) is 4.34. The van der Waals surface area contributed by atoms with E-state index in [-0.39, 0.29) is 5.92 Å². The van der Waals surface area contributed by atoms with E-state index in [2.05, 4.69) is 34.8 Å². The number of ether oxygens (including phenoxy) is 4. The van der Waals surface area contributed by atoms with Crippen molar-refractivity contribution in [1.29, 1.82) is 0 Å². The standard InChI is InChI=1S/C29H43N5O6SSi/c1-20(27(35)21-14-17-40-18-15-21)41(36)33(16-19-42(5,6)7)29-32-31-28(22-10-8-13-25(30-22)39-4)34(29)26-23(37-2)11-9-12-24(26)38-3/h8-13,20-21,27,35H,14-19H2,1-7H3/t20-,27+,41?/m1/s1. The van der Waals surface area contributed by atoms with Crippen molar-refractivity contribution >= 4 is 25.0 Å². The van der Waals surface area contributed by atoms with Gasteiger partial charge in [-0.15, -0.1) is 10.2 Å². The van der Waals surface area contributed by atoms with Crippen molar-refractivity contribution in [2.24, 2.45) is 5.92 Å². The summed E-state index contributed by atoms with van der Waals surface area (Å²) in [5.41, 5.74) is 1.06. The molecular weight excluding hydrogens is 575 g/mol. The maximum Gasteiger partial charge on any atom is 0.244 e. The topological polar surface area (TPSA) is 121 Å². The summed E-state index contributed by atoms with van der Waals surface area (Å²) in [5.74, 6) is 2.22. The molecule has 230 valence electrons. The maximum atomic E-state index is 14.5. The molecule has 11 nitrogen and oxygen atoms in total. The van der Waals surface area contributed by atoms with Gasteiger partial charge in [0.25, 0.3) is 0 Å². The first-order valence-corrected chi connectivity index (χ1v) is 19.1. The third kappa shape index (κ3) is 7.13. The van der Waals surface area contributed by atoms with Gasteiger partial charge < -0.3 is 24.1 Å². The Morgan fingerprint density at radius 1 is 1.05 bits per heavy atom. The lowest BCUT2D eigenvalue weighted by atomic mass is 9.92. The van der Waals surface area contributed by atoms with Crippen LogP contribution in [-0.4, -0.2) is 89.6 Å². The van der Waals surface area contributed by atoms with Gasteiger partial charge in [0.15, 0.2) is 5.82 Å². The van der Waals surface area contributed by atoms with Crippen molar-refractivity contribution in [2.45, 2.75) is 56.8 Å². The maximum absolute atomic E-state index is 14.5. The number of para-hydroxylation sites is 1. The van der Waals surface area contributed by atoms with Crippen LogP contribution in [0.2, 0.25) is 25.7 Å². The SMILES string of the molecule is COc1cccc(-c2nnc(N(CC[Si](C)(C)C)S(=O)[C@H](C)[C@H](O)C3CCOCC3)n2-c2c(OC)cccc2OC)n1. The summed E-state index contributed by atoms with van der Waals surface area (Å²) in [7, 11) is 1.48. The number of anilines is 1. The van der Waals surface area contributed by atoms with Gasteiger partial charge in [-0.2, -0.15) is 0 Å². The van der Waals surface area contributed by atoms with E-state index in [9.17, 15) is 9.32 Å². The van der Waals surface area contributed by atoms with Gasteiger partial charge in [0.2, 0.25) is 11.8 Å². The van der Waals surface area contributed by atoms with Crippen LogP contribution in [0.1, 0.15) is 19.8 Å². The minimum Gasteiger partial charge on any atom is -0.494 e. The Balaban J connectivity index is 1.91. The molecule has 3 atom stereocenters. The molecule has 13 heteroatoms. The predicted molar refractivity (Wildman–Crippen MR) is 167 cm³/mol. The molecule has 0 amide bonds. The number of aromatic nitrogens is 4. The molecular formula is C29H43N5O6SSi. The molecule has 0 radical (unpaired) electrons. The van der Waals surface area contributed by atoms with Gasteiger partial charge in [-0.3, -0.25) is 8.87 Å². The molecule has 1 fully saturated rings. The molecule has 0 saturated carbocycles. The van der Waals surface area contributed by atoms with Gasteiger partial charge in [-0.25, -0.2) is 9.19 Å². The molecule has 0 spiro atoms. The first-order valence-electron chi connectivity index (χ1n) is 14.2. The fourth-order valence-electron chi connectivity index (χ4n) is 4.98. The van der Waals surface area contributed by atoms with Crippen molar-refractivity contribution in [3.63, 3.8) is 0 Å². The quantitative estimate of drug-likeness (QED) is 0.279. The van der Waals surface area contributed by atoms with Crippen LogP contribution in [0.5, 0.6) is 17.4 Å². The molecule has 2 aromatic heterocycles. The minimum absolute atomic E-state index is 0.0141. The lowest BCUT2D eigenvalue weighted by molar-refractivity contribution is 0.00857. The first kappa shape index (κ1) is 31.9. The van der Waals surface area contributed by atoms with Gasteiger partial charge in [0, 0.05) is 33.9 Å². The summed E-state index contributed by atoms with van der Waals surface area (Å²) in [5, 5.41) is 20.0. The smallest absolute Gasteiger partial charge is 0.244 e. The summed E-state index contributed by atoms with van der Waals surface area (Å²) in [6.07, 6.45) is 0.705. The van der Waals surface area contributed by atoms with Crippen LogP contribution in [0.15, 0.2) is 36.4 Å². The third-order valence-electron chi connectivity index (χ3n) is 7.49. The second-order valence-corrected chi connectivity index (χ2v) is 18.9. The fraction of sp³-hybridized carbons (Fsp3) is 0.552. The van der Waals surface area contributed by atoms with E-state index in [1.165, 1.54) is 0 Å². The van der Waals surface area contributed by atoms with Crippen LogP contribution in [0.4, 0.5) is 5.95 Å². The van der Waals surface area contributed by atoms with E-state index < -0.39 is 30.4 Å². The van der Waals surface area contributed by atoms with Gasteiger partial charge >= 0.3 is 0 Å². The number of nitrogens with zero attached hydrogens (tertiary/aromatic N) is 5. The monoisotopic (exact) mass is 617 g/mol. The molecule has 1 saturated heterocycles. The molecule has 3 aromatic rings. The minimum atomic E-state index is -1.66. The van der Waals surface area contributed by atoms with E-state index >= 15 is 0 Å². The van der Waals surface area contributed by atoms with Crippen LogP contribution < -0.4 is 18.5 Å². The van der Waals surface area contributed by atoms with Crippen LogP contribution in [0.3, 0.4) is 0 Å². The van der Waals surface area contributed by atoms with Gasteiger partial charge in [-0.1, -0.05) is 31.8 Å². The average molecular weight is 618 g/mol. The second-order valence-electron chi connectivity index (χ2n) is 11.6. The molecule has 0 bridgehead atoms. The summed E-state index contributed by atoms with van der Waals surface area (Å²) < 4.78 is 40.5. The molecule has 3 heterocycles. The number of methoxy groups -OCH3 is 3. The molecule has 42 heavy (non-hydrogen) atoms. The van der Waals surface area contributed by atoms with E-state index in [0.29, 0.717) is 60.3 Å². The molecule has 1 aliphatic heterocycles. The van der Waals surface area contributed by atoms with Gasteiger partial charge in [0.1, 0.15) is 33.9 Å². The van der Waals surface area contributed by atoms with Crippen molar-refractivity contribution in [1.82, 2.24) is 19.7 Å². The molecule has 4 rings (SSSR count). The Labute approximate surface area is 251 Å². The highest BCUT2D eigenvalue weighted by atomic mass is 32.2. The Morgan fingerprint density at radius 2 is 1.69 bits per heavy atom. The summed E-state index contributed by atoms with van der Waals surface area (Å²) in [6, 6.07) is 11.7. The number of hydrogen-bond acceptors (Lipinski definition) is 9. The summed E-state index contributed by atoms with van der Waals surface area (Å²) >= 11 is 0. The Hall–Kier alpha value is -3.00. The lowest BCUT2D eigenvalue weighted by Crippen LogP contribution is -2.45. The van der Waals surface area contributed by atoms with Gasteiger partial charge in [-0.05, 0) is 49.9 Å². The van der Waals surface area contributed by atoms with Crippen molar-refractivity contribution in [2.75, 3.05) is 45.4 Å². The molecule has 0 aliphatic carbocycles. The van der Waals surface area contributed by atoms with Crippen LogP contribution >= 0.6 is 0 Å². The molecule has 1 N–H and O–H groups in total. The highest BCUT2D eigenvalue weighted by Gasteiger charge is 2.36. The van der Waals surface area contributed by atoms with E-state index in [0.717, 1.165) is 18.9 Å². The molecule has 1 aromatic carbocycles. The fourth-order valence-corrected chi connectivity index (χ4v) is 7.45. The second kappa shape index (κ2) is 14.0. The van der Waals surface area contributed by atoms with Crippen molar-refractivity contribution in [3.05, 3.63) is 36.4 Å². The lowest BCUT2D eigenvalue weighted by Gasteiger charge is -2.34. The average Bonchev–Trinajstić information content (AvgIpc) is 3.43. The largest absolute Gasteiger partial charge is 0.494 e.